The zero-order valence-corrected chi connectivity index (χ0v) is 11.0. The summed E-state index contributed by atoms with van der Waals surface area (Å²) in [7, 11) is 0. The lowest BCUT2D eigenvalue weighted by atomic mass is 10.2. The van der Waals surface area contributed by atoms with E-state index in [9.17, 15) is 0 Å². The highest BCUT2D eigenvalue weighted by molar-refractivity contribution is 7.10. The maximum absolute atomic E-state index is 5.62. The molecule has 0 radical (unpaired) electrons. The largest absolute Gasteiger partial charge is 0.382 e. The number of nitrogen functional groups attached to an aromatic ring is 1. The number of nitrogens with two attached hydrogens (primary N) is 1. The van der Waals surface area contributed by atoms with Gasteiger partial charge in [0, 0.05) is 23.6 Å². The highest BCUT2D eigenvalue weighted by Gasteiger charge is 2.06. The predicted octanol–water partition coefficient (Wildman–Crippen LogP) is 2.77. The quantitative estimate of drug-likeness (QED) is 0.793. The Labute approximate surface area is 115 Å². The molecule has 0 saturated heterocycles. The number of aromatic nitrogens is 3. The predicted molar refractivity (Wildman–Crippen MR) is 76.8 cm³/mol. The van der Waals surface area contributed by atoms with Crippen LogP contribution in [0.5, 0.6) is 0 Å². The van der Waals surface area contributed by atoms with Crippen molar-refractivity contribution >= 4 is 17.2 Å². The standard InChI is InChI=1S/C14H12N4S/c15-13-8-16-7-11(17-13)6-14-18-12(9-19-14)10-4-2-1-3-5-10/h1-5,7-9H,6H2,(H2,15,17). The average molecular weight is 268 g/mol. The van der Waals surface area contributed by atoms with Crippen LogP contribution >= 0.6 is 11.3 Å². The SMILES string of the molecule is Nc1cncc(Cc2nc(-c3ccccc3)cs2)n1. The number of thiazole rings is 1. The molecule has 4 nitrogen and oxygen atoms in total. The van der Waals surface area contributed by atoms with Crippen molar-refractivity contribution in [3.05, 3.63) is 58.8 Å². The number of nitrogens with zero attached hydrogens (tertiary/aromatic N) is 3. The fraction of sp³-hybridized carbons (Fsp3) is 0.0714. The van der Waals surface area contributed by atoms with Crippen LogP contribution in [0.1, 0.15) is 10.7 Å². The Hall–Kier alpha value is -2.27. The first kappa shape index (κ1) is 11.8. The zero-order valence-electron chi connectivity index (χ0n) is 10.2. The lowest BCUT2D eigenvalue weighted by molar-refractivity contribution is 1.02. The van der Waals surface area contributed by atoms with Crippen LogP contribution < -0.4 is 5.73 Å². The van der Waals surface area contributed by atoms with Gasteiger partial charge in [-0.25, -0.2) is 9.97 Å². The van der Waals surface area contributed by atoms with Gasteiger partial charge in [0.05, 0.1) is 22.6 Å². The van der Waals surface area contributed by atoms with E-state index in [1.165, 1.54) is 0 Å². The molecule has 2 N–H and O–H groups in total. The van der Waals surface area contributed by atoms with Crippen LogP contribution in [0.15, 0.2) is 48.1 Å². The molecule has 19 heavy (non-hydrogen) atoms. The van der Waals surface area contributed by atoms with Crippen molar-refractivity contribution in [1.82, 2.24) is 15.0 Å². The molecule has 0 saturated carbocycles. The molecular formula is C14H12N4S. The molecule has 3 aromatic rings. The second kappa shape index (κ2) is 5.16. The Morgan fingerprint density at radius 3 is 2.68 bits per heavy atom. The second-order valence-corrected chi connectivity index (χ2v) is 5.05. The highest BCUT2D eigenvalue weighted by Crippen LogP contribution is 2.22. The molecule has 0 aliphatic carbocycles. The van der Waals surface area contributed by atoms with Gasteiger partial charge in [0.25, 0.3) is 0 Å². The monoisotopic (exact) mass is 268 g/mol. The van der Waals surface area contributed by atoms with E-state index >= 15 is 0 Å². The number of hydrogen-bond acceptors (Lipinski definition) is 5. The van der Waals surface area contributed by atoms with Gasteiger partial charge in [0.15, 0.2) is 0 Å². The van der Waals surface area contributed by atoms with Crippen molar-refractivity contribution in [3.8, 4) is 11.3 Å². The van der Waals surface area contributed by atoms with Gasteiger partial charge >= 0.3 is 0 Å². The van der Waals surface area contributed by atoms with Crippen LogP contribution in [0.4, 0.5) is 5.82 Å². The molecule has 0 aliphatic heterocycles. The van der Waals surface area contributed by atoms with Crippen molar-refractivity contribution < 1.29 is 0 Å². The third kappa shape index (κ3) is 2.77. The van der Waals surface area contributed by atoms with Crippen LogP contribution in [0.3, 0.4) is 0 Å². The molecule has 0 atom stereocenters. The first-order valence-corrected chi connectivity index (χ1v) is 6.75. The molecule has 0 spiro atoms. The van der Waals surface area contributed by atoms with Gasteiger partial charge in [0.2, 0.25) is 0 Å². The zero-order chi connectivity index (χ0) is 13.1. The summed E-state index contributed by atoms with van der Waals surface area (Å²) in [6, 6.07) is 10.1. The minimum absolute atomic E-state index is 0.442. The van der Waals surface area contributed by atoms with Crippen LogP contribution in [0.25, 0.3) is 11.3 Å². The number of anilines is 1. The molecule has 2 aromatic heterocycles. The van der Waals surface area contributed by atoms with Gasteiger partial charge < -0.3 is 5.73 Å². The van der Waals surface area contributed by atoms with Crippen molar-refractivity contribution in [2.24, 2.45) is 0 Å². The van der Waals surface area contributed by atoms with Crippen LogP contribution in [0, 0.1) is 0 Å². The van der Waals surface area contributed by atoms with E-state index in [2.05, 4.69) is 32.5 Å². The molecule has 0 aliphatic rings. The molecule has 0 fully saturated rings. The van der Waals surface area contributed by atoms with Crippen molar-refractivity contribution in [3.63, 3.8) is 0 Å². The Kier molecular flexibility index (Phi) is 3.20. The third-order valence-corrected chi connectivity index (χ3v) is 3.51. The minimum Gasteiger partial charge on any atom is -0.382 e. The maximum atomic E-state index is 5.62. The topological polar surface area (TPSA) is 64.7 Å². The van der Waals surface area contributed by atoms with Gasteiger partial charge in [-0.05, 0) is 0 Å². The third-order valence-electron chi connectivity index (χ3n) is 2.66. The van der Waals surface area contributed by atoms with Gasteiger partial charge in [-0.3, -0.25) is 4.98 Å². The van der Waals surface area contributed by atoms with E-state index < -0.39 is 0 Å². The van der Waals surface area contributed by atoms with Crippen molar-refractivity contribution in [1.29, 1.82) is 0 Å². The van der Waals surface area contributed by atoms with E-state index in [0.29, 0.717) is 12.2 Å². The lowest BCUT2D eigenvalue weighted by Gasteiger charge is -1.98. The van der Waals surface area contributed by atoms with Gasteiger partial charge in [-0.15, -0.1) is 11.3 Å². The molecule has 0 bridgehead atoms. The minimum atomic E-state index is 0.442. The first-order valence-electron chi connectivity index (χ1n) is 5.87. The molecule has 2 heterocycles. The van der Waals surface area contributed by atoms with Crippen LogP contribution in [0.2, 0.25) is 0 Å². The lowest BCUT2D eigenvalue weighted by Crippen LogP contribution is -1.97. The second-order valence-electron chi connectivity index (χ2n) is 4.10. The van der Waals surface area contributed by atoms with Gasteiger partial charge in [-0.1, -0.05) is 30.3 Å². The summed E-state index contributed by atoms with van der Waals surface area (Å²) in [5, 5.41) is 3.07. The first-order chi connectivity index (χ1) is 9.31. The smallest absolute Gasteiger partial charge is 0.142 e. The summed E-state index contributed by atoms with van der Waals surface area (Å²) in [5.41, 5.74) is 8.59. The van der Waals surface area contributed by atoms with E-state index in [-0.39, 0.29) is 0 Å². The van der Waals surface area contributed by atoms with E-state index in [4.69, 9.17) is 5.73 Å². The summed E-state index contributed by atoms with van der Waals surface area (Å²) < 4.78 is 0. The fourth-order valence-corrected chi connectivity index (χ4v) is 2.62. The van der Waals surface area contributed by atoms with E-state index in [1.807, 2.05) is 18.2 Å². The molecule has 0 unspecified atom stereocenters. The van der Waals surface area contributed by atoms with Gasteiger partial charge in [0.1, 0.15) is 5.82 Å². The molecule has 1 aromatic carbocycles. The normalized spacial score (nSPS) is 10.5. The number of benzene rings is 1. The summed E-state index contributed by atoms with van der Waals surface area (Å²) in [6.07, 6.45) is 3.93. The van der Waals surface area contributed by atoms with Crippen molar-refractivity contribution in [2.45, 2.75) is 6.42 Å². The Bertz CT molecular complexity index is 679. The number of rotatable bonds is 3. The molecule has 3 rings (SSSR count). The molecule has 94 valence electrons. The molecule has 5 heteroatoms. The van der Waals surface area contributed by atoms with E-state index in [0.717, 1.165) is 22.0 Å². The Morgan fingerprint density at radius 2 is 1.89 bits per heavy atom. The Balaban J connectivity index is 1.82. The van der Waals surface area contributed by atoms with Crippen molar-refractivity contribution in [2.75, 3.05) is 5.73 Å². The fourth-order valence-electron chi connectivity index (χ4n) is 1.80. The highest BCUT2D eigenvalue weighted by atomic mass is 32.1. The van der Waals surface area contributed by atoms with E-state index in [1.54, 1.807) is 23.7 Å². The maximum Gasteiger partial charge on any atom is 0.142 e. The summed E-state index contributed by atoms with van der Waals surface area (Å²) >= 11 is 1.63. The van der Waals surface area contributed by atoms with Crippen LogP contribution in [-0.2, 0) is 6.42 Å². The van der Waals surface area contributed by atoms with Crippen LogP contribution in [-0.4, -0.2) is 15.0 Å². The summed E-state index contributed by atoms with van der Waals surface area (Å²) in [4.78, 5) is 12.9. The molecular weight excluding hydrogens is 256 g/mol. The summed E-state index contributed by atoms with van der Waals surface area (Å²) in [6.45, 7) is 0. The number of hydrogen-bond donors (Lipinski definition) is 1. The summed E-state index contributed by atoms with van der Waals surface area (Å²) in [5.74, 6) is 0.442. The average Bonchev–Trinajstić information content (AvgIpc) is 2.88. The Morgan fingerprint density at radius 1 is 1.05 bits per heavy atom. The molecule has 0 amide bonds. The van der Waals surface area contributed by atoms with Gasteiger partial charge in [-0.2, -0.15) is 0 Å².